The maximum absolute atomic E-state index is 11.7. The fourth-order valence-corrected chi connectivity index (χ4v) is 2.36. The van der Waals surface area contributed by atoms with Gasteiger partial charge in [0.05, 0.1) is 0 Å². The van der Waals surface area contributed by atoms with E-state index in [4.69, 9.17) is 4.74 Å². The summed E-state index contributed by atoms with van der Waals surface area (Å²) in [5, 5.41) is 9.42. The highest BCUT2D eigenvalue weighted by Gasteiger charge is 2.31. The van der Waals surface area contributed by atoms with Gasteiger partial charge in [-0.3, -0.25) is 9.59 Å². The number of carbonyl (C=O) groups is 2. The fourth-order valence-electron chi connectivity index (χ4n) is 2.36. The first-order chi connectivity index (χ1) is 9.81. The summed E-state index contributed by atoms with van der Waals surface area (Å²) in [5.41, 5.74) is 0.845. The molecule has 0 saturated heterocycles. The van der Waals surface area contributed by atoms with E-state index >= 15 is 0 Å². The van der Waals surface area contributed by atoms with E-state index in [0.29, 0.717) is 12.3 Å². The van der Waals surface area contributed by atoms with Gasteiger partial charge in [0.15, 0.2) is 12.5 Å². The largest absolute Gasteiger partial charge is 0.368 e. The third kappa shape index (κ3) is 4.22. The molecule has 0 bridgehead atoms. The van der Waals surface area contributed by atoms with Gasteiger partial charge in [0, 0.05) is 19.8 Å². The number of dihydropyridines is 1. The van der Waals surface area contributed by atoms with Gasteiger partial charge >= 0.3 is 0 Å². The van der Waals surface area contributed by atoms with Gasteiger partial charge in [0.25, 0.3) is 0 Å². The van der Waals surface area contributed by atoms with E-state index in [1.807, 2.05) is 19.9 Å². The number of carbonyl (C=O) groups excluding carboxylic acids is 2. The third-order valence-electron chi connectivity index (χ3n) is 3.35. The van der Waals surface area contributed by atoms with Gasteiger partial charge < -0.3 is 9.84 Å². The SMILES string of the molecule is CCC1=CC(CC)C(OC(C)O)N=C1N(C(C)=O)C(C)=O. The number of amidine groups is 1. The highest BCUT2D eigenvalue weighted by Crippen LogP contribution is 2.27. The van der Waals surface area contributed by atoms with E-state index in [2.05, 4.69) is 4.99 Å². The van der Waals surface area contributed by atoms with Crippen molar-refractivity contribution < 1.29 is 19.4 Å². The van der Waals surface area contributed by atoms with Crippen LogP contribution in [0.5, 0.6) is 0 Å². The van der Waals surface area contributed by atoms with Gasteiger partial charge in [0.2, 0.25) is 11.8 Å². The molecule has 3 unspecified atom stereocenters. The molecule has 0 fully saturated rings. The number of hydrogen-bond donors (Lipinski definition) is 1. The zero-order chi connectivity index (χ0) is 16.2. The molecule has 1 heterocycles. The van der Waals surface area contributed by atoms with Crippen molar-refractivity contribution in [3.8, 4) is 0 Å². The molecule has 1 rings (SSSR count). The summed E-state index contributed by atoms with van der Waals surface area (Å²) in [6.07, 6.45) is 1.87. The Hall–Kier alpha value is -1.53. The quantitative estimate of drug-likeness (QED) is 0.803. The van der Waals surface area contributed by atoms with Gasteiger partial charge in [0.1, 0.15) is 5.84 Å². The van der Waals surface area contributed by atoms with Gasteiger partial charge in [-0.1, -0.05) is 19.9 Å². The van der Waals surface area contributed by atoms with Crippen molar-refractivity contribution in [2.45, 2.75) is 60.0 Å². The smallest absolute Gasteiger partial charge is 0.231 e. The van der Waals surface area contributed by atoms with E-state index in [1.165, 1.54) is 20.8 Å². The monoisotopic (exact) mass is 296 g/mol. The molecular weight excluding hydrogens is 272 g/mol. The number of imide groups is 1. The lowest BCUT2D eigenvalue weighted by atomic mass is 9.95. The summed E-state index contributed by atoms with van der Waals surface area (Å²) in [6.45, 7) is 8.11. The number of amides is 2. The number of aliphatic hydroxyl groups excluding tert-OH is 1. The van der Waals surface area contributed by atoms with Gasteiger partial charge in [-0.25, -0.2) is 9.89 Å². The first kappa shape index (κ1) is 17.5. The van der Waals surface area contributed by atoms with Crippen LogP contribution in [0.3, 0.4) is 0 Å². The lowest BCUT2D eigenvalue weighted by molar-refractivity contribution is -0.138. The van der Waals surface area contributed by atoms with Crippen LogP contribution in [0, 0.1) is 5.92 Å². The number of nitrogens with zero attached hydrogens (tertiary/aromatic N) is 2. The molecular formula is C15H24N2O4. The van der Waals surface area contributed by atoms with Crippen molar-refractivity contribution in [3.05, 3.63) is 11.6 Å². The van der Waals surface area contributed by atoms with E-state index in [9.17, 15) is 14.7 Å². The molecule has 6 nitrogen and oxygen atoms in total. The van der Waals surface area contributed by atoms with Crippen LogP contribution in [0.2, 0.25) is 0 Å². The number of ether oxygens (including phenoxy) is 1. The Morgan fingerprint density at radius 2 is 1.95 bits per heavy atom. The average Bonchev–Trinajstić information content (AvgIpc) is 2.37. The Balaban J connectivity index is 3.23. The van der Waals surface area contributed by atoms with Crippen LogP contribution in [0.25, 0.3) is 0 Å². The van der Waals surface area contributed by atoms with Crippen LogP contribution < -0.4 is 0 Å². The van der Waals surface area contributed by atoms with Crippen LogP contribution in [-0.4, -0.2) is 40.2 Å². The Morgan fingerprint density at radius 1 is 1.38 bits per heavy atom. The van der Waals surface area contributed by atoms with Crippen molar-refractivity contribution in [2.75, 3.05) is 0 Å². The molecule has 1 aliphatic rings. The normalized spacial score (nSPS) is 23.1. The lowest BCUT2D eigenvalue weighted by Gasteiger charge is -2.31. The molecule has 0 spiro atoms. The van der Waals surface area contributed by atoms with Crippen LogP contribution in [0.4, 0.5) is 0 Å². The van der Waals surface area contributed by atoms with E-state index in [1.54, 1.807) is 0 Å². The number of aliphatic hydroxyl groups is 1. The lowest BCUT2D eigenvalue weighted by Crippen LogP contribution is -2.43. The fraction of sp³-hybridized carbons (Fsp3) is 0.667. The summed E-state index contributed by atoms with van der Waals surface area (Å²) in [4.78, 5) is 28.9. The van der Waals surface area contributed by atoms with Gasteiger partial charge in [-0.2, -0.15) is 0 Å². The molecule has 21 heavy (non-hydrogen) atoms. The maximum atomic E-state index is 11.7. The summed E-state index contributed by atoms with van der Waals surface area (Å²) in [5.74, 6) is -0.426. The molecule has 6 heteroatoms. The molecule has 2 amide bonds. The standard InChI is InChI=1S/C15H24N2O4/c1-6-12-8-13(7-2)15(21-11(5)20)16-14(12)17(9(3)18)10(4)19/h8,11,13,15,20H,6-7H2,1-5H3. The van der Waals surface area contributed by atoms with Crippen molar-refractivity contribution >= 4 is 17.6 Å². The molecule has 0 aromatic carbocycles. The first-order valence-electron chi connectivity index (χ1n) is 7.25. The zero-order valence-corrected chi connectivity index (χ0v) is 13.3. The number of hydrogen-bond acceptors (Lipinski definition) is 5. The maximum Gasteiger partial charge on any atom is 0.231 e. The molecule has 0 radical (unpaired) electrons. The van der Waals surface area contributed by atoms with Crippen LogP contribution in [0.1, 0.15) is 47.5 Å². The minimum Gasteiger partial charge on any atom is -0.368 e. The van der Waals surface area contributed by atoms with E-state index in [-0.39, 0.29) is 17.7 Å². The zero-order valence-electron chi connectivity index (χ0n) is 13.3. The second kappa shape index (κ2) is 7.47. The minimum absolute atomic E-state index is 0.0130. The Bertz CT molecular complexity index is 454. The molecule has 0 aliphatic carbocycles. The van der Waals surface area contributed by atoms with E-state index < -0.39 is 12.5 Å². The van der Waals surface area contributed by atoms with Crippen LogP contribution >= 0.6 is 0 Å². The molecule has 3 atom stereocenters. The minimum atomic E-state index is -0.964. The second-order valence-electron chi connectivity index (χ2n) is 5.07. The topological polar surface area (TPSA) is 79.2 Å². The molecule has 1 aliphatic heterocycles. The molecule has 118 valence electrons. The third-order valence-corrected chi connectivity index (χ3v) is 3.35. The predicted molar refractivity (Wildman–Crippen MR) is 79.3 cm³/mol. The second-order valence-corrected chi connectivity index (χ2v) is 5.07. The van der Waals surface area contributed by atoms with Crippen molar-refractivity contribution in [1.82, 2.24) is 4.90 Å². The van der Waals surface area contributed by atoms with Gasteiger partial charge in [-0.15, -0.1) is 0 Å². The van der Waals surface area contributed by atoms with Crippen LogP contribution in [-0.2, 0) is 14.3 Å². The van der Waals surface area contributed by atoms with E-state index in [0.717, 1.165) is 16.9 Å². The highest BCUT2D eigenvalue weighted by atomic mass is 16.6. The molecule has 0 saturated carbocycles. The van der Waals surface area contributed by atoms with Crippen molar-refractivity contribution in [1.29, 1.82) is 0 Å². The summed E-state index contributed by atoms with van der Waals surface area (Å²) >= 11 is 0. The van der Waals surface area contributed by atoms with Gasteiger partial charge in [-0.05, 0) is 25.3 Å². The van der Waals surface area contributed by atoms with Crippen molar-refractivity contribution in [2.24, 2.45) is 10.9 Å². The molecule has 1 N–H and O–H groups in total. The van der Waals surface area contributed by atoms with Crippen molar-refractivity contribution in [3.63, 3.8) is 0 Å². The predicted octanol–water partition coefficient (Wildman–Crippen LogP) is 1.84. The number of aliphatic imine (C=N–C) groups is 1. The summed E-state index contributed by atoms with van der Waals surface area (Å²) < 4.78 is 5.40. The Kier molecular flexibility index (Phi) is 6.23. The number of rotatable bonds is 4. The Labute approximate surface area is 125 Å². The Morgan fingerprint density at radius 3 is 2.33 bits per heavy atom. The average molecular weight is 296 g/mol. The molecule has 0 aromatic heterocycles. The van der Waals surface area contributed by atoms with Crippen LogP contribution in [0.15, 0.2) is 16.6 Å². The highest BCUT2D eigenvalue weighted by molar-refractivity contribution is 6.17. The summed E-state index contributed by atoms with van der Waals surface area (Å²) in [6, 6.07) is 0. The summed E-state index contributed by atoms with van der Waals surface area (Å²) in [7, 11) is 0. The first-order valence-corrected chi connectivity index (χ1v) is 7.25. The molecule has 0 aromatic rings.